The zero-order valence-corrected chi connectivity index (χ0v) is 22.1. The molecule has 3 aliphatic rings. The molecule has 3 fully saturated rings. The average molecular weight is 573 g/mol. The van der Waals surface area contributed by atoms with Crippen molar-refractivity contribution in [2.24, 2.45) is 11.1 Å². The summed E-state index contributed by atoms with van der Waals surface area (Å²) in [4.78, 5) is 33.2. The molecule has 0 heterocycles. The van der Waals surface area contributed by atoms with Crippen LogP contribution in [0.3, 0.4) is 0 Å². The number of fused-ring (bicyclic) bond motifs is 3. The topological polar surface area (TPSA) is 117 Å². The quantitative estimate of drug-likeness (QED) is 0.353. The summed E-state index contributed by atoms with van der Waals surface area (Å²) in [7, 11) is 0. The number of ether oxygens (including phenoxy) is 3. The van der Waals surface area contributed by atoms with Crippen molar-refractivity contribution in [3.8, 4) is 11.5 Å². The van der Waals surface area contributed by atoms with Gasteiger partial charge < -0.3 is 25.3 Å². The van der Waals surface area contributed by atoms with E-state index in [4.69, 9.17) is 42.2 Å². The minimum Gasteiger partial charge on any atom is -0.493 e. The van der Waals surface area contributed by atoms with Gasteiger partial charge in [-0.3, -0.25) is 14.4 Å². The first-order valence-electron chi connectivity index (χ1n) is 11.8. The zero-order valence-electron chi connectivity index (χ0n) is 20.6. The number of hydrogen-bond acceptors (Lipinski definition) is 6. The van der Waals surface area contributed by atoms with Gasteiger partial charge in [-0.2, -0.15) is 0 Å². The third kappa shape index (κ3) is 7.26. The Balaban J connectivity index is 0.00000127. The number of amides is 2. The molecule has 3 N–H and O–H groups in total. The van der Waals surface area contributed by atoms with Crippen LogP contribution in [0.5, 0.6) is 11.5 Å². The molecule has 12 heteroatoms. The molecule has 3 aliphatic carbocycles. The maximum Gasteiger partial charge on any atom is 0.302 e. The van der Waals surface area contributed by atoms with Gasteiger partial charge in [0.25, 0.3) is 5.91 Å². The number of nitrogens with two attached hydrogens (primary N) is 1. The van der Waals surface area contributed by atoms with Gasteiger partial charge in [0.05, 0.1) is 22.2 Å². The first-order chi connectivity index (χ1) is 18.0. The lowest BCUT2D eigenvalue weighted by atomic mass is 9.56. The SMILES string of the molecule is CC(=O)OC1CC2(COc3ccc(Cl)c(F)c3)CCC1(NC(=O)COc1ccc(Cl)c(F)c1)CC2.NC=O. The van der Waals surface area contributed by atoms with Crippen molar-refractivity contribution in [2.45, 2.75) is 50.7 Å². The van der Waals surface area contributed by atoms with E-state index in [0.717, 1.165) is 18.9 Å². The van der Waals surface area contributed by atoms with Gasteiger partial charge in [0.15, 0.2) is 6.61 Å². The smallest absolute Gasteiger partial charge is 0.302 e. The third-order valence-electron chi connectivity index (χ3n) is 6.83. The second kappa shape index (κ2) is 12.6. The van der Waals surface area contributed by atoms with Crippen molar-refractivity contribution in [1.29, 1.82) is 0 Å². The molecule has 2 aromatic rings. The Labute approximate surface area is 228 Å². The van der Waals surface area contributed by atoms with E-state index in [0.29, 0.717) is 31.6 Å². The normalized spacial score (nSPS) is 23.4. The Morgan fingerprint density at radius 1 is 1.03 bits per heavy atom. The van der Waals surface area contributed by atoms with Crippen molar-refractivity contribution >= 4 is 41.5 Å². The van der Waals surface area contributed by atoms with Crippen molar-refractivity contribution in [1.82, 2.24) is 5.32 Å². The van der Waals surface area contributed by atoms with Gasteiger partial charge in [-0.15, -0.1) is 0 Å². The van der Waals surface area contributed by atoms with Crippen molar-refractivity contribution in [3.05, 3.63) is 58.1 Å². The molecule has 2 bridgehead atoms. The summed E-state index contributed by atoms with van der Waals surface area (Å²) >= 11 is 11.4. The highest BCUT2D eigenvalue weighted by atomic mass is 35.5. The van der Waals surface area contributed by atoms with Gasteiger partial charge in [-0.05, 0) is 56.4 Å². The summed E-state index contributed by atoms with van der Waals surface area (Å²) in [6, 6.07) is 8.22. The van der Waals surface area contributed by atoms with E-state index in [-0.39, 0.29) is 34.2 Å². The number of carbonyl (C=O) groups excluding carboxylic acids is 3. The number of benzene rings is 2. The van der Waals surface area contributed by atoms with Gasteiger partial charge in [-0.25, -0.2) is 8.78 Å². The fourth-order valence-electron chi connectivity index (χ4n) is 4.94. The van der Waals surface area contributed by atoms with E-state index in [1.54, 1.807) is 6.07 Å². The Morgan fingerprint density at radius 3 is 2.05 bits per heavy atom. The number of hydrogen-bond donors (Lipinski definition) is 2. The van der Waals surface area contributed by atoms with Crippen LogP contribution in [0.15, 0.2) is 36.4 Å². The number of carbonyl (C=O) groups is 3. The molecule has 0 saturated heterocycles. The van der Waals surface area contributed by atoms with Gasteiger partial charge in [0.1, 0.15) is 29.2 Å². The molecule has 1 atom stereocenters. The van der Waals surface area contributed by atoms with Gasteiger partial charge >= 0.3 is 5.97 Å². The maximum atomic E-state index is 13.8. The fraction of sp³-hybridized carbons (Fsp3) is 0.423. The standard InChI is InChI=1S/C25H25Cl2F2NO5.CH3NO/c1-15(31)35-22-12-24(14-34-17-3-5-19(27)21(29)11-17)6-8-25(22,9-7-24)30-23(32)13-33-16-2-4-18(26)20(28)10-16;2-1-3/h2-5,10-11,22H,6-9,12-14H2,1H3,(H,30,32);1H,(H2,2,3). The second-order valence-electron chi connectivity index (χ2n) is 9.37. The molecule has 0 aromatic heterocycles. The first kappa shape index (κ1) is 29.4. The number of rotatable bonds is 8. The molecule has 0 radical (unpaired) electrons. The highest BCUT2D eigenvalue weighted by Gasteiger charge is 2.57. The van der Waals surface area contributed by atoms with E-state index in [1.807, 2.05) is 0 Å². The average Bonchev–Trinajstić information content (AvgIpc) is 2.87. The molecule has 8 nitrogen and oxygen atoms in total. The number of halogens is 4. The summed E-state index contributed by atoms with van der Waals surface area (Å²) in [5.74, 6) is -1.50. The van der Waals surface area contributed by atoms with Crippen LogP contribution in [-0.2, 0) is 19.1 Å². The van der Waals surface area contributed by atoms with Crippen molar-refractivity contribution in [2.75, 3.05) is 13.2 Å². The van der Waals surface area contributed by atoms with Crippen LogP contribution >= 0.6 is 23.2 Å². The molecule has 3 saturated carbocycles. The van der Waals surface area contributed by atoms with Crippen LogP contribution in [0.25, 0.3) is 0 Å². The minimum atomic E-state index is -0.731. The highest BCUT2D eigenvalue weighted by molar-refractivity contribution is 6.31. The molecule has 1 unspecified atom stereocenters. The van der Waals surface area contributed by atoms with Crippen molar-refractivity contribution in [3.63, 3.8) is 0 Å². The van der Waals surface area contributed by atoms with Gasteiger partial charge in [0.2, 0.25) is 6.41 Å². The Hall–Kier alpha value is -3.11. The van der Waals surface area contributed by atoms with Gasteiger partial charge in [0, 0.05) is 24.5 Å². The minimum absolute atomic E-state index is 0.0199. The predicted octanol–water partition coefficient (Wildman–Crippen LogP) is 4.58. The highest BCUT2D eigenvalue weighted by Crippen LogP contribution is 2.53. The molecule has 2 amide bonds. The zero-order chi connectivity index (χ0) is 27.9. The Morgan fingerprint density at radius 2 is 1.55 bits per heavy atom. The van der Waals surface area contributed by atoms with Crippen LogP contribution in [0.2, 0.25) is 10.0 Å². The molecule has 38 heavy (non-hydrogen) atoms. The summed E-state index contributed by atoms with van der Waals surface area (Å²) in [5, 5.41) is 2.99. The molecule has 0 aliphatic heterocycles. The van der Waals surface area contributed by atoms with E-state index in [2.05, 4.69) is 11.1 Å². The van der Waals surface area contributed by atoms with Crippen LogP contribution in [-0.4, -0.2) is 43.1 Å². The summed E-state index contributed by atoms with van der Waals surface area (Å²) in [6.45, 7) is 1.32. The van der Waals surface area contributed by atoms with Crippen LogP contribution in [0, 0.1) is 17.0 Å². The number of esters is 1. The molecular formula is C26H28Cl2F2N2O6. The molecule has 2 aromatic carbocycles. The van der Waals surface area contributed by atoms with E-state index >= 15 is 0 Å². The second-order valence-corrected chi connectivity index (χ2v) is 10.2. The lowest BCUT2D eigenvalue weighted by molar-refractivity contribution is -0.170. The Kier molecular flexibility index (Phi) is 9.78. The molecule has 5 rings (SSSR count). The van der Waals surface area contributed by atoms with E-state index in [1.165, 1.54) is 31.2 Å². The van der Waals surface area contributed by atoms with Crippen LogP contribution < -0.4 is 20.5 Å². The monoisotopic (exact) mass is 572 g/mol. The van der Waals surface area contributed by atoms with Crippen molar-refractivity contribution < 1.29 is 37.4 Å². The summed E-state index contributed by atoms with van der Waals surface area (Å²) in [6.07, 6.45) is 2.79. The molecule has 206 valence electrons. The van der Waals surface area contributed by atoms with E-state index in [9.17, 15) is 18.4 Å². The largest absolute Gasteiger partial charge is 0.493 e. The Bertz CT molecular complexity index is 1170. The fourth-order valence-corrected chi connectivity index (χ4v) is 5.17. The number of primary amides is 1. The summed E-state index contributed by atoms with van der Waals surface area (Å²) in [5.41, 5.74) is 3.16. The van der Waals surface area contributed by atoms with Crippen LogP contribution in [0.1, 0.15) is 39.0 Å². The number of nitrogens with one attached hydrogen (secondary N) is 1. The van der Waals surface area contributed by atoms with Gasteiger partial charge in [-0.1, -0.05) is 23.2 Å². The molecular weight excluding hydrogens is 545 g/mol. The van der Waals surface area contributed by atoms with Crippen LogP contribution in [0.4, 0.5) is 8.78 Å². The predicted molar refractivity (Wildman–Crippen MR) is 136 cm³/mol. The van der Waals surface area contributed by atoms with E-state index < -0.39 is 35.2 Å². The maximum absolute atomic E-state index is 13.8. The lowest BCUT2D eigenvalue weighted by Crippen LogP contribution is -2.66. The molecule has 0 spiro atoms. The summed E-state index contributed by atoms with van der Waals surface area (Å²) < 4.78 is 44.3. The first-order valence-corrected chi connectivity index (χ1v) is 12.6. The lowest BCUT2D eigenvalue weighted by Gasteiger charge is -2.56. The third-order valence-corrected chi connectivity index (χ3v) is 7.44.